The van der Waals surface area contributed by atoms with E-state index in [1.165, 1.54) is 0 Å². The molecule has 0 saturated carbocycles. The van der Waals surface area contributed by atoms with Crippen molar-refractivity contribution in [2.24, 2.45) is 5.92 Å². The van der Waals surface area contributed by atoms with Crippen LogP contribution in [0.1, 0.15) is 36.5 Å². The summed E-state index contributed by atoms with van der Waals surface area (Å²) in [5.74, 6) is 1.52. The summed E-state index contributed by atoms with van der Waals surface area (Å²) in [6, 6.07) is 7.15. The minimum Gasteiger partial charge on any atom is -0.421 e. The summed E-state index contributed by atoms with van der Waals surface area (Å²) in [6.07, 6.45) is 0.977. The first-order valence-corrected chi connectivity index (χ1v) is 6.75. The van der Waals surface area contributed by atoms with Gasteiger partial charge in [0, 0.05) is 24.6 Å². The van der Waals surface area contributed by atoms with Gasteiger partial charge in [0.15, 0.2) is 0 Å². The van der Waals surface area contributed by atoms with Crippen molar-refractivity contribution in [2.45, 2.75) is 27.2 Å². The molecule has 0 aliphatic carbocycles. The molecule has 0 atom stereocenters. The lowest BCUT2D eigenvalue weighted by Gasteiger charge is -2.07. The van der Waals surface area contributed by atoms with Gasteiger partial charge in [-0.25, -0.2) is 0 Å². The van der Waals surface area contributed by atoms with Crippen molar-refractivity contribution >= 4 is 5.91 Å². The monoisotopic (exact) mass is 273 g/mol. The lowest BCUT2D eigenvalue weighted by molar-refractivity contribution is 0.0952. The lowest BCUT2D eigenvalue weighted by atomic mass is 10.1. The lowest BCUT2D eigenvalue weighted by Crippen LogP contribution is -2.25. The van der Waals surface area contributed by atoms with Gasteiger partial charge in [0.2, 0.25) is 11.8 Å². The maximum absolute atomic E-state index is 11.9. The molecule has 1 aromatic carbocycles. The summed E-state index contributed by atoms with van der Waals surface area (Å²) in [6.45, 7) is 6.70. The van der Waals surface area contributed by atoms with E-state index in [0.29, 0.717) is 29.8 Å². The predicted octanol–water partition coefficient (Wildman–Crippen LogP) is 2.82. The Kier molecular flexibility index (Phi) is 4.50. The minimum atomic E-state index is -0.0566. The zero-order valence-electron chi connectivity index (χ0n) is 12.0. The fraction of sp³-hybridized carbons (Fsp3) is 0.400. The van der Waals surface area contributed by atoms with Crippen LogP contribution in [0.3, 0.4) is 0 Å². The normalized spacial score (nSPS) is 10.8. The summed E-state index contributed by atoms with van der Waals surface area (Å²) in [5, 5.41) is 10.6. The first-order valence-electron chi connectivity index (χ1n) is 6.75. The average molecular weight is 273 g/mol. The predicted molar refractivity (Wildman–Crippen MR) is 76.3 cm³/mol. The van der Waals surface area contributed by atoms with Crippen LogP contribution >= 0.6 is 0 Å². The second kappa shape index (κ2) is 6.32. The van der Waals surface area contributed by atoms with E-state index < -0.39 is 0 Å². The van der Waals surface area contributed by atoms with E-state index in [1.807, 2.05) is 12.1 Å². The third-order valence-corrected chi connectivity index (χ3v) is 2.93. The number of carbonyl (C=O) groups is 1. The van der Waals surface area contributed by atoms with Crippen LogP contribution in [0, 0.1) is 12.8 Å². The van der Waals surface area contributed by atoms with E-state index >= 15 is 0 Å². The number of nitrogens with one attached hydrogen (secondary N) is 1. The second-order valence-corrected chi connectivity index (χ2v) is 5.14. The van der Waals surface area contributed by atoms with E-state index in [4.69, 9.17) is 4.42 Å². The number of nitrogens with zero attached hydrogens (tertiary/aromatic N) is 2. The molecular weight excluding hydrogens is 254 g/mol. The Balaban J connectivity index is 1.99. The van der Waals surface area contributed by atoms with Gasteiger partial charge in [-0.2, -0.15) is 0 Å². The van der Waals surface area contributed by atoms with Crippen LogP contribution in [-0.4, -0.2) is 22.6 Å². The first kappa shape index (κ1) is 14.2. The zero-order valence-corrected chi connectivity index (χ0v) is 12.0. The molecular formula is C15H19N3O2. The molecule has 5 heteroatoms. The Morgan fingerprint density at radius 1 is 1.25 bits per heavy atom. The molecule has 0 saturated heterocycles. The molecule has 2 aromatic rings. The first-order chi connectivity index (χ1) is 9.56. The number of rotatable bonds is 5. The zero-order chi connectivity index (χ0) is 14.5. The molecule has 0 bridgehead atoms. The van der Waals surface area contributed by atoms with Crippen molar-refractivity contribution in [2.75, 3.05) is 6.54 Å². The van der Waals surface area contributed by atoms with Crippen molar-refractivity contribution in [3.05, 3.63) is 35.7 Å². The number of hydrogen-bond acceptors (Lipinski definition) is 4. The number of benzene rings is 1. The molecule has 20 heavy (non-hydrogen) atoms. The fourth-order valence-corrected chi connectivity index (χ4v) is 1.75. The van der Waals surface area contributed by atoms with Crippen LogP contribution in [0.15, 0.2) is 28.7 Å². The third-order valence-electron chi connectivity index (χ3n) is 2.93. The Labute approximate surface area is 118 Å². The average Bonchev–Trinajstić information content (AvgIpc) is 2.85. The maximum Gasteiger partial charge on any atom is 0.251 e. The molecule has 0 aliphatic heterocycles. The Morgan fingerprint density at radius 2 is 1.95 bits per heavy atom. The van der Waals surface area contributed by atoms with Crippen molar-refractivity contribution in [1.29, 1.82) is 0 Å². The molecule has 1 heterocycles. The molecule has 0 spiro atoms. The van der Waals surface area contributed by atoms with E-state index in [1.54, 1.807) is 19.1 Å². The molecule has 2 rings (SSSR count). The van der Waals surface area contributed by atoms with Crippen LogP contribution < -0.4 is 5.32 Å². The summed E-state index contributed by atoms with van der Waals surface area (Å²) < 4.78 is 5.34. The highest BCUT2D eigenvalue weighted by Gasteiger charge is 2.08. The third kappa shape index (κ3) is 3.66. The summed E-state index contributed by atoms with van der Waals surface area (Å²) >= 11 is 0. The standard InChI is InChI=1S/C15H19N3O2/c1-10(2)8-9-16-14(19)12-4-6-13(7-5-12)15-18-17-11(3)20-15/h4-7,10H,8-9H2,1-3H3,(H,16,19). The number of carbonyl (C=O) groups excluding carboxylic acids is 1. The van der Waals surface area contributed by atoms with Gasteiger partial charge in [-0.05, 0) is 36.6 Å². The molecule has 106 valence electrons. The smallest absolute Gasteiger partial charge is 0.251 e. The molecule has 0 unspecified atom stereocenters. The van der Waals surface area contributed by atoms with Gasteiger partial charge >= 0.3 is 0 Å². The summed E-state index contributed by atoms with van der Waals surface area (Å²) in [7, 11) is 0. The summed E-state index contributed by atoms with van der Waals surface area (Å²) in [5.41, 5.74) is 1.44. The van der Waals surface area contributed by atoms with E-state index in [0.717, 1.165) is 12.0 Å². The summed E-state index contributed by atoms with van der Waals surface area (Å²) in [4.78, 5) is 11.9. The largest absolute Gasteiger partial charge is 0.421 e. The topological polar surface area (TPSA) is 68.0 Å². The highest BCUT2D eigenvalue weighted by Crippen LogP contribution is 2.18. The van der Waals surface area contributed by atoms with E-state index in [2.05, 4.69) is 29.4 Å². The second-order valence-electron chi connectivity index (χ2n) is 5.14. The number of hydrogen-bond donors (Lipinski definition) is 1. The van der Waals surface area contributed by atoms with E-state index in [-0.39, 0.29) is 5.91 Å². The van der Waals surface area contributed by atoms with Crippen molar-refractivity contribution in [3.63, 3.8) is 0 Å². The van der Waals surface area contributed by atoms with Crippen LogP contribution in [0.5, 0.6) is 0 Å². The van der Waals surface area contributed by atoms with Crippen LogP contribution in [-0.2, 0) is 0 Å². The van der Waals surface area contributed by atoms with Crippen LogP contribution in [0.25, 0.3) is 11.5 Å². The molecule has 1 N–H and O–H groups in total. The maximum atomic E-state index is 11.9. The molecule has 0 fully saturated rings. The van der Waals surface area contributed by atoms with Gasteiger partial charge in [0.1, 0.15) is 0 Å². The van der Waals surface area contributed by atoms with Crippen molar-refractivity contribution < 1.29 is 9.21 Å². The highest BCUT2D eigenvalue weighted by atomic mass is 16.4. The molecule has 1 aromatic heterocycles. The SMILES string of the molecule is Cc1nnc(-c2ccc(C(=O)NCCC(C)C)cc2)o1. The van der Waals surface area contributed by atoms with Gasteiger partial charge in [0.05, 0.1) is 0 Å². The van der Waals surface area contributed by atoms with Gasteiger partial charge in [-0.15, -0.1) is 10.2 Å². The Bertz CT molecular complexity index is 573. The van der Waals surface area contributed by atoms with Gasteiger partial charge < -0.3 is 9.73 Å². The molecule has 0 radical (unpaired) electrons. The van der Waals surface area contributed by atoms with Gasteiger partial charge in [-0.1, -0.05) is 13.8 Å². The van der Waals surface area contributed by atoms with Crippen molar-refractivity contribution in [1.82, 2.24) is 15.5 Å². The van der Waals surface area contributed by atoms with E-state index in [9.17, 15) is 4.79 Å². The Hall–Kier alpha value is -2.17. The van der Waals surface area contributed by atoms with Gasteiger partial charge in [0.25, 0.3) is 5.91 Å². The molecule has 0 aliphatic rings. The van der Waals surface area contributed by atoms with Crippen LogP contribution in [0.4, 0.5) is 0 Å². The number of amides is 1. The number of aryl methyl sites for hydroxylation is 1. The van der Waals surface area contributed by atoms with Gasteiger partial charge in [-0.3, -0.25) is 4.79 Å². The van der Waals surface area contributed by atoms with Crippen LogP contribution in [0.2, 0.25) is 0 Å². The fourth-order valence-electron chi connectivity index (χ4n) is 1.75. The van der Waals surface area contributed by atoms with Crippen molar-refractivity contribution in [3.8, 4) is 11.5 Å². The molecule has 1 amide bonds. The minimum absolute atomic E-state index is 0.0566. The Morgan fingerprint density at radius 3 is 2.50 bits per heavy atom. The number of aromatic nitrogens is 2. The molecule has 5 nitrogen and oxygen atoms in total. The highest BCUT2D eigenvalue weighted by molar-refractivity contribution is 5.94. The quantitative estimate of drug-likeness (QED) is 0.909.